The highest BCUT2D eigenvalue weighted by Gasteiger charge is 2.36. The minimum atomic E-state index is 0.0458. The Hall–Kier alpha value is -2.73. The molecular weight excluding hydrogens is 376 g/mol. The summed E-state index contributed by atoms with van der Waals surface area (Å²) in [5.41, 5.74) is 3.14. The van der Waals surface area contributed by atoms with Crippen molar-refractivity contribution in [2.75, 3.05) is 18.0 Å². The van der Waals surface area contributed by atoms with Crippen LogP contribution in [0.2, 0.25) is 0 Å². The SMILES string of the molecule is CC(=O)N1Cc2ccccc2N(C(C)=O)CCC2CCC(C1)N2Cc1cccnc1. The number of nitrogens with zero attached hydrogens (tertiary/aromatic N) is 4. The van der Waals surface area contributed by atoms with E-state index in [4.69, 9.17) is 0 Å². The summed E-state index contributed by atoms with van der Waals surface area (Å²) < 4.78 is 0. The molecule has 2 aliphatic rings. The number of aromatic nitrogens is 1. The molecule has 30 heavy (non-hydrogen) atoms. The van der Waals surface area contributed by atoms with E-state index >= 15 is 0 Å². The predicted molar refractivity (Wildman–Crippen MR) is 117 cm³/mol. The van der Waals surface area contributed by atoms with Crippen molar-refractivity contribution in [3.05, 3.63) is 59.9 Å². The maximum Gasteiger partial charge on any atom is 0.223 e. The Morgan fingerprint density at radius 3 is 2.53 bits per heavy atom. The largest absolute Gasteiger partial charge is 0.337 e. The first kappa shape index (κ1) is 20.5. The molecule has 0 N–H and O–H groups in total. The lowest BCUT2D eigenvalue weighted by molar-refractivity contribution is -0.130. The van der Waals surface area contributed by atoms with Crippen LogP contribution in [0, 0.1) is 0 Å². The number of pyridine rings is 1. The summed E-state index contributed by atoms with van der Waals surface area (Å²) >= 11 is 0. The highest BCUT2D eigenvalue weighted by atomic mass is 16.2. The molecule has 6 nitrogen and oxygen atoms in total. The van der Waals surface area contributed by atoms with Crippen molar-refractivity contribution in [3.8, 4) is 0 Å². The number of carbonyl (C=O) groups excluding carboxylic acids is 2. The number of hydrogen-bond acceptors (Lipinski definition) is 4. The number of carbonyl (C=O) groups is 2. The molecule has 1 fully saturated rings. The Balaban J connectivity index is 1.69. The van der Waals surface area contributed by atoms with Crippen LogP contribution in [0.25, 0.3) is 0 Å². The summed E-state index contributed by atoms with van der Waals surface area (Å²) in [6.45, 7) is 6.01. The first-order chi connectivity index (χ1) is 14.5. The summed E-state index contributed by atoms with van der Waals surface area (Å²) in [4.78, 5) is 35.7. The van der Waals surface area contributed by atoms with Crippen molar-refractivity contribution in [3.63, 3.8) is 0 Å². The molecule has 2 amide bonds. The van der Waals surface area contributed by atoms with Crippen molar-refractivity contribution in [2.45, 2.75) is 58.3 Å². The van der Waals surface area contributed by atoms with E-state index in [0.717, 1.165) is 37.1 Å². The first-order valence-corrected chi connectivity index (χ1v) is 10.8. The molecule has 0 aliphatic carbocycles. The number of rotatable bonds is 2. The quantitative estimate of drug-likeness (QED) is 0.768. The van der Waals surface area contributed by atoms with Gasteiger partial charge in [0.15, 0.2) is 0 Å². The van der Waals surface area contributed by atoms with Gasteiger partial charge in [-0.2, -0.15) is 0 Å². The summed E-state index contributed by atoms with van der Waals surface area (Å²) in [6, 6.07) is 12.8. The number of fused-ring (bicyclic) bond motifs is 3. The fraction of sp³-hybridized carbons (Fsp3) is 0.458. The van der Waals surface area contributed by atoms with Gasteiger partial charge < -0.3 is 9.80 Å². The molecule has 3 heterocycles. The lowest BCUT2D eigenvalue weighted by Crippen LogP contribution is -2.44. The van der Waals surface area contributed by atoms with E-state index in [-0.39, 0.29) is 11.8 Å². The van der Waals surface area contributed by atoms with E-state index in [1.165, 1.54) is 5.56 Å². The van der Waals surface area contributed by atoms with E-state index in [0.29, 0.717) is 31.7 Å². The Labute approximate surface area is 178 Å². The lowest BCUT2D eigenvalue weighted by Gasteiger charge is -2.33. The molecule has 0 saturated carbocycles. The highest BCUT2D eigenvalue weighted by Crippen LogP contribution is 2.32. The minimum absolute atomic E-state index is 0.0458. The minimum Gasteiger partial charge on any atom is -0.337 e. The Morgan fingerprint density at radius 1 is 1.00 bits per heavy atom. The standard InChI is InChI=1S/C24H30N4O2/c1-18(29)26-16-21-7-3-4-8-24(21)27(19(2)30)13-11-22-9-10-23(17-26)28(22)15-20-6-5-12-25-14-20/h3-8,12,14,22-23H,9-11,13,15-17H2,1-2H3. The van der Waals surface area contributed by atoms with E-state index in [1.54, 1.807) is 20.0 Å². The van der Waals surface area contributed by atoms with E-state index in [2.05, 4.69) is 16.0 Å². The fourth-order valence-electron chi connectivity index (χ4n) is 4.88. The third kappa shape index (κ3) is 4.38. The van der Waals surface area contributed by atoms with Crippen molar-refractivity contribution in [2.24, 2.45) is 0 Å². The van der Waals surface area contributed by atoms with Gasteiger partial charge in [0, 0.05) is 70.2 Å². The molecule has 158 valence electrons. The van der Waals surface area contributed by atoms with Gasteiger partial charge in [0.2, 0.25) is 11.8 Å². The van der Waals surface area contributed by atoms with Gasteiger partial charge in [-0.25, -0.2) is 0 Å². The maximum atomic E-state index is 12.5. The van der Waals surface area contributed by atoms with Crippen LogP contribution in [0.15, 0.2) is 48.8 Å². The van der Waals surface area contributed by atoms with Gasteiger partial charge in [-0.3, -0.25) is 19.5 Å². The molecule has 1 saturated heterocycles. The average molecular weight is 407 g/mol. The second-order valence-corrected chi connectivity index (χ2v) is 8.41. The monoisotopic (exact) mass is 406 g/mol. The van der Waals surface area contributed by atoms with Crippen molar-refractivity contribution in [1.29, 1.82) is 0 Å². The molecule has 1 aromatic carbocycles. The van der Waals surface area contributed by atoms with Gasteiger partial charge in [-0.05, 0) is 42.5 Å². The van der Waals surface area contributed by atoms with Gasteiger partial charge in [0.1, 0.15) is 0 Å². The van der Waals surface area contributed by atoms with Gasteiger partial charge in [-0.15, -0.1) is 0 Å². The van der Waals surface area contributed by atoms with Gasteiger partial charge in [0.25, 0.3) is 0 Å². The second kappa shape index (κ2) is 8.96. The Morgan fingerprint density at radius 2 is 1.80 bits per heavy atom. The van der Waals surface area contributed by atoms with E-state index < -0.39 is 0 Å². The third-order valence-electron chi connectivity index (χ3n) is 6.45. The van der Waals surface area contributed by atoms with Crippen molar-refractivity contribution < 1.29 is 9.59 Å². The average Bonchev–Trinajstić information content (AvgIpc) is 3.08. The number of hydrogen-bond donors (Lipinski definition) is 0. The molecule has 4 rings (SSSR count). The van der Waals surface area contributed by atoms with Crippen LogP contribution in [0.4, 0.5) is 5.69 Å². The van der Waals surface area contributed by atoms with Crippen LogP contribution in [-0.2, 0) is 22.7 Å². The van der Waals surface area contributed by atoms with Crippen LogP contribution in [0.3, 0.4) is 0 Å². The Kier molecular flexibility index (Phi) is 6.13. The van der Waals surface area contributed by atoms with E-state index in [1.807, 2.05) is 46.3 Å². The first-order valence-electron chi connectivity index (χ1n) is 10.8. The molecule has 2 bridgehead atoms. The molecule has 2 atom stereocenters. The van der Waals surface area contributed by atoms with Gasteiger partial charge in [0.05, 0.1) is 0 Å². The molecule has 1 aromatic heterocycles. The third-order valence-corrected chi connectivity index (χ3v) is 6.45. The summed E-state index contributed by atoms with van der Waals surface area (Å²) in [7, 11) is 0. The zero-order valence-electron chi connectivity index (χ0n) is 17.8. The number of amides is 2. The predicted octanol–water partition coefficient (Wildman–Crippen LogP) is 3.22. The van der Waals surface area contributed by atoms with Crippen LogP contribution in [0.5, 0.6) is 0 Å². The molecular formula is C24H30N4O2. The number of benzene rings is 1. The van der Waals surface area contributed by atoms with Crippen LogP contribution >= 0.6 is 0 Å². The van der Waals surface area contributed by atoms with Gasteiger partial charge >= 0.3 is 0 Å². The summed E-state index contributed by atoms with van der Waals surface area (Å²) in [5, 5.41) is 0. The number of anilines is 1. The van der Waals surface area contributed by atoms with Crippen LogP contribution in [-0.4, -0.2) is 51.8 Å². The normalized spacial score (nSPS) is 22.3. The molecule has 6 heteroatoms. The molecule has 2 aromatic rings. The summed E-state index contributed by atoms with van der Waals surface area (Å²) in [5.74, 6) is 0.118. The molecule has 2 unspecified atom stereocenters. The van der Waals surface area contributed by atoms with Crippen LogP contribution < -0.4 is 4.90 Å². The fourth-order valence-corrected chi connectivity index (χ4v) is 4.88. The van der Waals surface area contributed by atoms with Crippen molar-refractivity contribution >= 4 is 17.5 Å². The summed E-state index contributed by atoms with van der Waals surface area (Å²) in [6.07, 6.45) is 6.79. The Bertz CT molecular complexity index is 901. The van der Waals surface area contributed by atoms with Crippen LogP contribution in [0.1, 0.15) is 44.2 Å². The van der Waals surface area contributed by atoms with E-state index in [9.17, 15) is 9.59 Å². The molecule has 0 spiro atoms. The second-order valence-electron chi connectivity index (χ2n) is 8.41. The van der Waals surface area contributed by atoms with Crippen molar-refractivity contribution in [1.82, 2.24) is 14.8 Å². The molecule has 2 aliphatic heterocycles. The number of para-hydroxylation sites is 1. The zero-order valence-corrected chi connectivity index (χ0v) is 17.8. The van der Waals surface area contributed by atoms with Gasteiger partial charge in [-0.1, -0.05) is 24.3 Å². The zero-order chi connectivity index (χ0) is 21.1. The topological polar surface area (TPSA) is 56.8 Å². The molecule has 0 radical (unpaired) electrons. The maximum absolute atomic E-state index is 12.5. The highest BCUT2D eigenvalue weighted by molar-refractivity contribution is 5.92. The lowest BCUT2D eigenvalue weighted by atomic mass is 10.1. The smallest absolute Gasteiger partial charge is 0.223 e.